The Morgan fingerprint density at radius 3 is 3.00 bits per heavy atom. The molecule has 1 aliphatic rings. The van der Waals surface area contributed by atoms with Crippen LogP contribution in [0, 0.1) is 17.1 Å². The third-order valence-corrected chi connectivity index (χ3v) is 2.34. The van der Waals surface area contributed by atoms with Gasteiger partial charge in [-0.1, -0.05) is 6.07 Å². The molecule has 0 spiro atoms. The maximum atomic E-state index is 13.0. The van der Waals surface area contributed by atoms with E-state index in [0.29, 0.717) is 18.7 Å². The Balaban J connectivity index is 2.18. The van der Waals surface area contributed by atoms with Crippen molar-refractivity contribution >= 4 is 11.8 Å². The van der Waals surface area contributed by atoms with Crippen molar-refractivity contribution in [2.24, 2.45) is 0 Å². The molecule has 0 aliphatic carbocycles. The van der Waals surface area contributed by atoms with Crippen molar-refractivity contribution in [3.05, 3.63) is 30.1 Å². The molecule has 0 saturated carbocycles. The van der Waals surface area contributed by atoms with Gasteiger partial charge in [0.05, 0.1) is 0 Å². The normalized spacial score (nSPS) is 20.1. The Bertz CT molecular complexity index is 456. The van der Waals surface area contributed by atoms with Crippen LogP contribution in [0.1, 0.15) is 6.42 Å². The fourth-order valence-electron chi connectivity index (χ4n) is 1.55. The maximum Gasteiger partial charge on any atom is 0.415 e. The number of nitrogens with zero attached hydrogens (tertiary/aromatic N) is 2. The summed E-state index contributed by atoms with van der Waals surface area (Å²) >= 11 is 0. The zero-order valence-electron chi connectivity index (χ0n) is 8.39. The lowest BCUT2D eigenvalue weighted by Gasteiger charge is -2.28. The lowest BCUT2D eigenvalue weighted by molar-refractivity contribution is 0.111. The van der Waals surface area contributed by atoms with Crippen LogP contribution in [0.2, 0.25) is 0 Å². The van der Waals surface area contributed by atoms with Gasteiger partial charge in [0.15, 0.2) is 6.10 Å². The fourth-order valence-corrected chi connectivity index (χ4v) is 1.55. The van der Waals surface area contributed by atoms with E-state index in [0.717, 1.165) is 0 Å². The average Bonchev–Trinajstić information content (AvgIpc) is 2.28. The fraction of sp³-hybridized carbons (Fsp3) is 0.273. The molecule has 1 fully saturated rings. The van der Waals surface area contributed by atoms with Crippen LogP contribution >= 0.6 is 0 Å². The molecule has 0 aromatic heterocycles. The van der Waals surface area contributed by atoms with Crippen LogP contribution in [0.3, 0.4) is 0 Å². The minimum absolute atomic E-state index is 0.362. The van der Waals surface area contributed by atoms with Gasteiger partial charge >= 0.3 is 6.09 Å². The second-order valence-corrected chi connectivity index (χ2v) is 3.42. The summed E-state index contributed by atoms with van der Waals surface area (Å²) in [5, 5.41) is 8.60. The predicted octanol–water partition coefficient (Wildman–Crippen LogP) is 2.06. The molecule has 1 aliphatic heterocycles. The molecule has 5 heteroatoms. The summed E-state index contributed by atoms with van der Waals surface area (Å²) < 4.78 is 17.8. The highest BCUT2D eigenvalue weighted by atomic mass is 19.1. The Labute approximate surface area is 91.8 Å². The lowest BCUT2D eigenvalue weighted by Crippen LogP contribution is -2.41. The summed E-state index contributed by atoms with van der Waals surface area (Å²) in [7, 11) is 0. The van der Waals surface area contributed by atoms with Crippen molar-refractivity contribution in [1.82, 2.24) is 0 Å². The van der Waals surface area contributed by atoms with Gasteiger partial charge in [-0.05, 0) is 18.2 Å². The highest BCUT2D eigenvalue weighted by Crippen LogP contribution is 2.21. The van der Waals surface area contributed by atoms with E-state index in [4.69, 9.17) is 10.00 Å². The number of cyclic esters (lactones) is 1. The highest BCUT2D eigenvalue weighted by molar-refractivity contribution is 5.88. The summed E-state index contributed by atoms with van der Waals surface area (Å²) in [6, 6.07) is 7.58. The largest absolute Gasteiger partial charge is 0.430 e. The number of ether oxygens (including phenoxy) is 1. The molecule has 2 rings (SSSR count). The molecule has 1 unspecified atom stereocenters. The van der Waals surface area contributed by atoms with Crippen molar-refractivity contribution in [3.8, 4) is 6.07 Å². The Kier molecular flexibility index (Phi) is 2.73. The molecule has 82 valence electrons. The number of halogens is 1. The highest BCUT2D eigenvalue weighted by Gasteiger charge is 2.27. The first-order chi connectivity index (χ1) is 7.70. The van der Waals surface area contributed by atoms with E-state index in [1.54, 1.807) is 6.07 Å². The van der Waals surface area contributed by atoms with Crippen LogP contribution in [0.15, 0.2) is 24.3 Å². The minimum Gasteiger partial charge on any atom is -0.430 e. The second kappa shape index (κ2) is 4.19. The van der Waals surface area contributed by atoms with Crippen molar-refractivity contribution in [1.29, 1.82) is 5.26 Å². The number of hydrogen-bond donors (Lipinski definition) is 0. The van der Waals surface area contributed by atoms with Crippen LogP contribution in [0.5, 0.6) is 0 Å². The second-order valence-electron chi connectivity index (χ2n) is 3.42. The first-order valence-electron chi connectivity index (χ1n) is 4.84. The summed E-state index contributed by atoms with van der Waals surface area (Å²) in [6.45, 7) is 0.362. The Hall–Kier alpha value is -2.09. The van der Waals surface area contributed by atoms with Gasteiger partial charge in [-0.15, -0.1) is 0 Å². The van der Waals surface area contributed by atoms with Gasteiger partial charge < -0.3 is 4.74 Å². The number of benzene rings is 1. The molecule has 16 heavy (non-hydrogen) atoms. The lowest BCUT2D eigenvalue weighted by atomic mass is 10.2. The van der Waals surface area contributed by atoms with Crippen molar-refractivity contribution in [2.75, 3.05) is 11.4 Å². The number of nitriles is 1. The summed E-state index contributed by atoms with van der Waals surface area (Å²) in [5.74, 6) is -0.410. The molecule has 0 radical (unpaired) electrons. The summed E-state index contributed by atoms with van der Waals surface area (Å²) in [4.78, 5) is 12.8. The summed E-state index contributed by atoms with van der Waals surface area (Å²) in [5.41, 5.74) is 0.446. The molecule has 1 heterocycles. The van der Waals surface area contributed by atoms with Gasteiger partial charge in [0.1, 0.15) is 11.9 Å². The van der Waals surface area contributed by atoms with Gasteiger partial charge in [0, 0.05) is 18.7 Å². The summed E-state index contributed by atoms with van der Waals surface area (Å²) in [6.07, 6.45) is -0.876. The number of carbonyl (C=O) groups excluding carboxylic acids is 1. The van der Waals surface area contributed by atoms with Crippen molar-refractivity contribution in [2.45, 2.75) is 12.5 Å². The van der Waals surface area contributed by atoms with E-state index >= 15 is 0 Å². The third kappa shape index (κ3) is 1.96. The molecular formula is C11H9FN2O2. The molecule has 1 atom stereocenters. The number of anilines is 1. The van der Waals surface area contributed by atoms with E-state index < -0.39 is 18.0 Å². The van der Waals surface area contributed by atoms with E-state index in [1.807, 2.05) is 6.07 Å². The number of amides is 1. The first-order valence-corrected chi connectivity index (χ1v) is 4.84. The van der Waals surface area contributed by atoms with Crippen LogP contribution in [0.25, 0.3) is 0 Å². The van der Waals surface area contributed by atoms with Crippen LogP contribution in [0.4, 0.5) is 14.9 Å². The number of carbonyl (C=O) groups is 1. The van der Waals surface area contributed by atoms with E-state index in [9.17, 15) is 9.18 Å². The van der Waals surface area contributed by atoms with E-state index in [1.165, 1.54) is 23.1 Å². The third-order valence-electron chi connectivity index (χ3n) is 2.34. The monoisotopic (exact) mass is 220 g/mol. The standard InChI is InChI=1S/C11H9FN2O2/c12-8-2-1-3-9(6-8)14-5-4-10(7-13)16-11(14)15/h1-3,6,10H,4-5H2. The Morgan fingerprint density at radius 2 is 2.38 bits per heavy atom. The Morgan fingerprint density at radius 1 is 1.56 bits per heavy atom. The molecule has 1 amide bonds. The van der Waals surface area contributed by atoms with Gasteiger partial charge in [0.2, 0.25) is 0 Å². The molecule has 1 aromatic rings. The van der Waals surface area contributed by atoms with Gasteiger partial charge in [-0.25, -0.2) is 9.18 Å². The molecular weight excluding hydrogens is 211 g/mol. The van der Waals surface area contributed by atoms with Gasteiger partial charge in [0.25, 0.3) is 0 Å². The average molecular weight is 220 g/mol. The van der Waals surface area contributed by atoms with E-state index in [2.05, 4.69) is 0 Å². The van der Waals surface area contributed by atoms with Crippen molar-refractivity contribution in [3.63, 3.8) is 0 Å². The van der Waals surface area contributed by atoms with Gasteiger partial charge in [-0.2, -0.15) is 5.26 Å². The minimum atomic E-state index is -0.697. The predicted molar refractivity (Wildman–Crippen MR) is 54.2 cm³/mol. The maximum absolute atomic E-state index is 13.0. The molecule has 1 aromatic carbocycles. The SMILES string of the molecule is N#CC1CCN(c2cccc(F)c2)C(=O)O1. The number of hydrogen-bond acceptors (Lipinski definition) is 3. The van der Waals surface area contributed by atoms with Crippen LogP contribution < -0.4 is 4.90 Å². The van der Waals surface area contributed by atoms with Crippen molar-refractivity contribution < 1.29 is 13.9 Å². The quantitative estimate of drug-likeness (QED) is 0.727. The molecule has 0 bridgehead atoms. The topological polar surface area (TPSA) is 53.3 Å². The van der Waals surface area contributed by atoms with E-state index in [-0.39, 0.29) is 0 Å². The van der Waals surface area contributed by atoms with Crippen LogP contribution in [-0.2, 0) is 4.74 Å². The molecule has 1 saturated heterocycles. The first kappa shape index (κ1) is 10.4. The molecule has 0 N–H and O–H groups in total. The molecule has 4 nitrogen and oxygen atoms in total. The van der Waals surface area contributed by atoms with Crippen LogP contribution in [-0.4, -0.2) is 18.7 Å². The zero-order valence-corrected chi connectivity index (χ0v) is 8.39. The van der Waals surface area contributed by atoms with Gasteiger partial charge in [-0.3, -0.25) is 4.90 Å². The number of rotatable bonds is 1. The smallest absolute Gasteiger partial charge is 0.415 e. The zero-order chi connectivity index (χ0) is 11.5.